The number of nitrogens with two attached hydrogens (primary N) is 2. The van der Waals surface area contributed by atoms with Gasteiger partial charge < -0.3 is 21.3 Å². The topological polar surface area (TPSA) is 114 Å². The number of carbonyl (C=O) groups is 1. The molecule has 1 aliphatic heterocycles. The van der Waals surface area contributed by atoms with Gasteiger partial charge in [-0.3, -0.25) is 4.79 Å². The number of piperazine rings is 1. The van der Waals surface area contributed by atoms with Crippen molar-refractivity contribution in [1.29, 1.82) is 0 Å². The maximum Gasteiger partial charge on any atom is 0.433 e. The van der Waals surface area contributed by atoms with Gasteiger partial charge in [0.15, 0.2) is 5.82 Å². The Bertz CT molecular complexity index is 794. The highest BCUT2D eigenvalue weighted by molar-refractivity contribution is 5.98. The first kappa shape index (κ1) is 16.7. The van der Waals surface area contributed by atoms with Crippen molar-refractivity contribution in [1.82, 2.24) is 15.0 Å². The number of alkyl halides is 3. The monoisotopic (exact) mass is 353 g/mol. The molecular formula is C14H14F3N7O. The van der Waals surface area contributed by atoms with Crippen LogP contribution in [0.3, 0.4) is 0 Å². The summed E-state index contributed by atoms with van der Waals surface area (Å²) in [7, 11) is 0. The largest absolute Gasteiger partial charge is 0.433 e. The molecule has 4 N–H and O–H groups in total. The van der Waals surface area contributed by atoms with Crippen LogP contribution < -0.4 is 21.3 Å². The van der Waals surface area contributed by atoms with Crippen LogP contribution in [0.5, 0.6) is 0 Å². The van der Waals surface area contributed by atoms with Gasteiger partial charge >= 0.3 is 6.18 Å². The number of pyridine rings is 1. The zero-order valence-electron chi connectivity index (χ0n) is 12.9. The van der Waals surface area contributed by atoms with E-state index in [2.05, 4.69) is 15.0 Å². The molecule has 0 bridgehead atoms. The summed E-state index contributed by atoms with van der Waals surface area (Å²) in [5, 5.41) is 0. The lowest BCUT2D eigenvalue weighted by molar-refractivity contribution is -0.141. The average Bonchev–Trinajstić information content (AvgIpc) is 2.54. The first-order valence-corrected chi connectivity index (χ1v) is 7.22. The van der Waals surface area contributed by atoms with E-state index in [0.717, 1.165) is 12.3 Å². The summed E-state index contributed by atoms with van der Waals surface area (Å²) in [4.78, 5) is 26.5. The SMILES string of the molecule is Nc1ncc(N2CCN(c3ccc(C(F)(F)F)nc3)C(=O)C2)c(N)n1. The van der Waals surface area contributed by atoms with Gasteiger partial charge in [-0.05, 0) is 12.1 Å². The number of amides is 1. The van der Waals surface area contributed by atoms with Crippen LogP contribution >= 0.6 is 0 Å². The van der Waals surface area contributed by atoms with Crippen molar-refractivity contribution in [2.75, 3.05) is 40.9 Å². The van der Waals surface area contributed by atoms with Crippen LogP contribution in [0.2, 0.25) is 0 Å². The number of nitrogens with zero attached hydrogens (tertiary/aromatic N) is 5. The quantitative estimate of drug-likeness (QED) is 0.825. The molecule has 11 heteroatoms. The lowest BCUT2D eigenvalue weighted by atomic mass is 10.2. The summed E-state index contributed by atoms with van der Waals surface area (Å²) in [6.45, 7) is 0.651. The van der Waals surface area contributed by atoms with E-state index in [9.17, 15) is 18.0 Å². The maximum atomic E-state index is 12.6. The average molecular weight is 353 g/mol. The van der Waals surface area contributed by atoms with E-state index in [1.807, 2.05) is 0 Å². The fourth-order valence-electron chi connectivity index (χ4n) is 2.51. The Morgan fingerprint density at radius 1 is 1.08 bits per heavy atom. The van der Waals surface area contributed by atoms with Crippen molar-refractivity contribution in [3.8, 4) is 0 Å². The molecular weight excluding hydrogens is 339 g/mol. The Hall–Kier alpha value is -3.11. The molecule has 25 heavy (non-hydrogen) atoms. The molecule has 8 nitrogen and oxygen atoms in total. The number of halogens is 3. The van der Waals surface area contributed by atoms with Gasteiger partial charge in [0.2, 0.25) is 11.9 Å². The second-order valence-electron chi connectivity index (χ2n) is 5.37. The van der Waals surface area contributed by atoms with Crippen molar-refractivity contribution in [2.45, 2.75) is 6.18 Å². The predicted molar refractivity (Wildman–Crippen MR) is 84.7 cm³/mol. The van der Waals surface area contributed by atoms with E-state index in [1.165, 1.54) is 17.2 Å². The molecule has 1 aliphatic rings. The summed E-state index contributed by atoms with van der Waals surface area (Å²) in [5.74, 6) is -0.115. The van der Waals surface area contributed by atoms with Crippen molar-refractivity contribution < 1.29 is 18.0 Å². The molecule has 2 aromatic rings. The molecule has 0 aliphatic carbocycles. The van der Waals surface area contributed by atoms with E-state index >= 15 is 0 Å². The normalized spacial score (nSPS) is 15.6. The number of carbonyl (C=O) groups excluding carboxylic acids is 1. The first-order chi connectivity index (χ1) is 11.8. The molecule has 0 saturated carbocycles. The summed E-state index contributed by atoms with van der Waals surface area (Å²) in [6.07, 6.45) is -2.05. The van der Waals surface area contributed by atoms with Crippen LogP contribution in [0.15, 0.2) is 24.5 Å². The summed E-state index contributed by atoms with van der Waals surface area (Å²) >= 11 is 0. The fourth-order valence-corrected chi connectivity index (χ4v) is 2.51. The fraction of sp³-hybridized carbons (Fsp3) is 0.286. The van der Waals surface area contributed by atoms with E-state index in [-0.39, 0.29) is 30.8 Å². The summed E-state index contributed by atoms with van der Waals surface area (Å²) in [6, 6.07) is 2.07. The number of hydrogen-bond acceptors (Lipinski definition) is 7. The van der Waals surface area contributed by atoms with Crippen molar-refractivity contribution in [2.24, 2.45) is 0 Å². The Labute approximate surface area is 140 Å². The lowest BCUT2D eigenvalue weighted by Crippen LogP contribution is -2.51. The Morgan fingerprint density at radius 2 is 1.84 bits per heavy atom. The first-order valence-electron chi connectivity index (χ1n) is 7.22. The number of hydrogen-bond donors (Lipinski definition) is 2. The molecule has 0 radical (unpaired) electrons. The molecule has 0 atom stereocenters. The van der Waals surface area contributed by atoms with Crippen LogP contribution in [0.4, 0.5) is 36.3 Å². The third-order valence-corrected chi connectivity index (χ3v) is 3.73. The molecule has 0 aromatic carbocycles. The zero-order chi connectivity index (χ0) is 18.2. The minimum absolute atomic E-state index is 0.0154. The zero-order valence-corrected chi connectivity index (χ0v) is 12.9. The maximum absolute atomic E-state index is 12.6. The van der Waals surface area contributed by atoms with E-state index in [0.29, 0.717) is 17.9 Å². The van der Waals surface area contributed by atoms with Crippen LogP contribution in [0.1, 0.15) is 5.69 Å². The van der Waals surface area contributed by atoms with E-state index in [1.54, 1.807) is 4.90 Å². The van der Waals surface area contributed by atoms with Gasteiger partial charge in [0.05, 0.1) is 30.3 Å². The molecule has 132 valence electrons. The second-order valence-corrected chi connectivity index (χ2v) is 5.37. The van der Waals surface area contributed by atoms with Gasteiger partial charge in [-0.15, -0.1) is 0 Å². The summed E-state index contributed by atoms with van der Waals surface area (Å²) < 4.78 is 37.7. The van der Waals surface area contributed by atoms with Gasteiger partial charge in [-0.1, -0.05) is 0 Å². The standard InChI is InChI=1S/C14H14F3N7O/c15-14(16,17)10-2-1-8(5-20-10)24-4-3-23(7-11(24)25)9-6-21-13(19)22-12(9)18/h1-2,5-6H,3-4,7H2,(H4,18,19,21,22). The molecule has 1 fully saturated rings. The second kappa shape index (κ2) is 6.07. The van der Waals surface area contributed by atoms with Crippen LogP contribution in [-0.2, 0) is 11.0 Å². The molecule has 1 amide bonds. The van der Waals surface area contributed by atoms with Crippen LogP contribution in [0, 0.1) is 0 Å². The Balaban J connectivity index is 1.75. The molecule has 2 aromatic heterocycles. The highest BCUT2D eigenvalue weighted by Gasteiger charge is 2.33. The van der Waals surface area contributed by atoms with Crippen LogP contribution in [0.25, 0.3) is 0 Å². The molecule has 0 unspecified atom stereocenters. The predicted octanol–water partition coefficient (Wildman–Crippen LogP) is 0.908. The van der Waals surface area contributed by atoms with Gasteiger partial charge in [0.1, 0.15) is 5.69 Å². The Morgan fingerprint density at radius 3 is 2.40 bits per heavy atom. The highest BCUT2D eigenvalue weighted by atomic mass is 19.4. The third-order valence-electron chi connectivity index (χ3n) is 3.73. The van der Waals surface area contributed by atoms with Crippen molar-refractivity contribution in [3.63, 3.8) is 0 Å². The number of rotatable bonds is 2. The molecule has 0 spiro atoms. The third kappa shape index (κ3) is 3.39. The van der Waals surface area contributed by atoms with Gasteiger partial charge in [-0.25, -0.2) is 9.97 Å². The van der Waals surface area contributed by atoms with Crippen LogP contribution in [-0.4, -0.2) is 40.5 Å². The number of nitrogen functional groups attached to an aromatic ring is 2. The summed E-state index contributed by atoms with van der Waals surface area (Å²) in [5.41, 5.74) is 11.0. The van der Waals surface area contributed by atoms with E-state index < -0.39 is 11.9 Å². The lowest BCUT2D eigenvalue weighted by Gasteiger charge is -2.35. The van der Waals surface area contributed by atoms with Gasteiger partial charge in [0, 0.05) is 13.1 Å². The van der Waals surface area contributed by atoms with Crippen molar-refractivity contribution in [3.05, 3.63) is 30.2 Å². The highest BCUT2D eigenvalue weighted by Crippen LogP contribution is 2.29. The molecule has 3 heterocycles. The van der Waals surface area contributed by atoms with Gasteiger partial charge in [-0.2, -0.15) is 18.2 Å². The number of anilines is 4. The molecule has 1 saturated heterocycles. The Kier molecular flexibility index (Phi) is 4.07. The van der Waals surface area contributed by atoms with Gasteiger partial charge in [0.25, 0.3) is 0 Å². The van der Waals surface area contributed by atoms with E-state index in [4.69, 9.17) is 11.5 Å². The smallest absolute Gasteiger partial charge is 0.382 e. The molecule has 3 rings (SSSR count). The number of aromatic nitrogens is 3. The minimum atomic E-state index is -4.52. The minimum Gasteiger partial charge on any atom is -0.382 e. The van der Waals surface area contributed by atoms with Crippen molar-refractivity contribution >= 4 is 29.0 Å².